The van der Waals surface area contributed by atoms with Crippen LogP contribution in [-0.2, 0) is 5.41 Å². The van der Waals surface area contributed by atoms with E-state index in [-0.39, 0.29) is 5.41 Å². The lowest BCUT2D eigenvalue weighted by molar-refractivity contribution is 0.660. The average Bonchev–Trinajstić information content (AvgIpc) is 3.73. The lowest BCUT2D eigenvalue weighted by Gasteiger charge is -2.21. The summed E-state index contributed by atoms with van der Waals surface area (Å²) in [7, 11) is 0. The van der Waals surface area contributed by atoms with E-state index >= 15 is 0 Å². The molecule has 3 aromatic heterocycles. The molecule has 254 valence electrons. The molecule has 0 spiro atoms. The van der Waals surface area contributed by atoms with Crippen molar-refractivity contribution in [3.63, 3.8) is 0 Å². The van der Waals surface area contributed by atoms with Crippen LogP contribution in [0.15, 0.2) is 164 Å². The minimum atomic E-state index is -0.0548. The van der Waals surface area contributed by atoms with E-state index in [4.69, 9.17) is 15.0 Å². The highest BCUT2D eigenvalue weighted by molar-refractivity contribution is 7.26. The fourth-order valence-corrected chi connectivity index (χ4v) is 9.91. The predicted octanol–water partition coefficient (Wildman–Crippen LogP) is 13.5. The number of para-hydroxylation sites is 1. The average molecular weight is 708 g/mol. The predicted molar refractivity (Wildman–Crippen MR) is 227 cm³/mol. The van der Waals surface area contributed by atoms with Gasteiger partial charge in [0, 0.05) is 64.0 Å². The van der Waals surface area contributed by atoms with Crippen LogP contribution in [0.5, 0.6) is 0 Å². The van der Waals surface area contributed by atoms with Gasteiger partial charge in [0.25, 0.3) is 0 Å². The molecule has 4 heteroatoms. The minimum Gasteiger partial charge on any atom is -0.247 e. The molecule has 1 aliphatic rings. The number of aromatic nitrogens is 3. The van der Waals surface area contributed by atoms with Crippen LogP contribution in [0, 0.1) is 0 Å². The maximum atomic E-state index is 5.30. The van der Waals surface area contributed by atoms with Crippen LogP contribution >= 0.6 is 11.3 Å². The van der Waals surface area contributed by atoms with Crippen LogP contribution in [0.2, 0.25) is 0 Å². The summed E-state index contributed by atoms with van der Waals surface area (Å²) in [5.74, 6) is 0.720. The Labute approximate surface area is 317 Å². The zero-order valence-corrected chi connectivity index (χ0v) is 30.7. The summed E-state index contributed by atoms with van der Waals surface area (Å²) < 4.78 is 2.47. The van der Waals surface area contributed by atoms with Gasteiger partial charge in [-0.15, -0.1) is 11.3 Å². The van der Waals surface area contributed by atoms with Crippen LogP contribution in [0.3, 0.4) is 0 Å². The summed E-state index contributed by atoms with van der Waals surface area (Å²) in [6, 6.07) is 58.5. The topological polar surface area (TPSA) is 38.7 Å². The maximum Gasteiger partial charge on any atom is 0.160 e. The number of benzene rings is 7. The van der Waals surface area contributed by atoms with Crippen molar-refractivity contribution in [2.24, 2.45) is 0 Å². The summed E-state index contributed by atoms with van der Waals surface area (Å²) in [6.45, 7) is 4.65. The van der Waals surface area contributed by atoms with Gasteiger partial charge in [0.2, 0.25) is 0 Å². The second-order valence-corrected chi connectivity index (χ2v) is 15.8. The monoisotopic (exact) mass is 707 g/mol. The van der Waals surface area contributed by atoms with E-state index in [0.717, 1.165) is 56.1 Å². The highest BCUT2D eigenvalue weighted by atomic mass is 32.1. The van der Waals surface area contributed by atoms with Crippen molar-refractivity contribution in [3.8, 4) is 56.3 Å². The van der Waals surface area contributed by atoms with E-state index in [1.54, 1.807) is 0 Å². The smallest absolute Gasteiger partial charge is 0.160 e. The Morgan fingerprint density at radius 3 is 1.98 bits per heavy atom. The third-order valence-corrected chi connectivity index (χ3v) is 12.5. The molecule has 7 aromatic carbocycles. The second kappa shape index (κ2) is 11.8. The van der Waals surface area contributed by atoms with E-state index in [1.165, 1.54) is 53.2 Å². The van der Waals surface area contributed by atoms with Gasteiger partial charge < -0.3 is 0 Å². The fraction of sp³-hybridized carbons (Fsp3) is 0.0600. The zero-order chi connectivity index (χ0) is 36.0. The molecular weight excluding hydrogens is 675 g/mol. The molecule has 10 aromatic rings. The van der Waals surface area contributed by atoms with Crippen molar-refractivity contribution in [1.82, 2.24) is 15.0 Å². The minimum absolute atomic E-state index is 0.0548. The number of nitrogens with zero attached hydrogens (tertiary/aromatic N) is 3. The lowest BCUT2D eigenvalue weighted by Crippen LogP contribution is -2.14. The SMILES string of the molecule is CC1(C)c2ccccc2-c2cc(-c3cc(-c4cccc5c4sc4ccc6c(-c7ccccc7)nc7ccccc7c6c45)nc(-c4ccccc4)n3)ccc21. The fourth-order valence-electron chi connectivity index (χ4n) is 8.68. The summed E-state index contributed by atoms with van der Waals surface area (Å²) in [6.07, 6.45) is 0. The van der Waals surface area contributed by atoms with Gasteiger partial charge in [-0.2, -0.15) is 0 Å². The van der Waals surface area contributed by atoms with Crippen molar-refractivity contribution in [3.05, 3.63) is 175 Å². The Hall–Kier alpha value is -6.49. The molecular formula is C50H33N3S. The Kier molecular flexibility index (Phi) is 6.77. The number of rotatable bonds is 4. The molecule has 0 amide bonds. The molecule has 0 bridgehead atoms. The van der Waals surface area contributed by atoms with Gasteiger partial charge in [-0.05, 0) is 46.5 Å². The zero-order valence-electron chi connectivity index (χ0n) is 29.8. The van der Waals surface area contributed by atoms with Gasteiger partial charge in [-0.25, -0.2) is 15.0 Å². The molecule has 11 rings (SSSR count). The van der Waals surface area contributed by atoms with E-state index in [2.05, 4.69) is 172 Å². The third kappa shape index (κ3) is 4.63. The van der Waals surface area contributed by atoms with Crippen molar-refractivity contribution in [2.75, 3.05) is 0 Å². The summed E-state index contributed by atoms with van der Waals surface area (Å²) in [5.41, 5.74) is 13.4. The summed E-state index contributed by atoms with van der Waals surface area (Å²) in [5, 5.41) is 6.07. The van der Waals surface area contributed by atoms with Crippen LogP contribution < -0.4 is 0 Å². The molecule has 0 fully saturated rings. The van der Waals surface area contributed by atoms with E-state index in [1.807, 2.05) is 17.4 Å². The lowest BCUT2D eigenvalue weighted by atomic mass is 9.82. The van der Waals surface area contributed by atoms with Gasteiger partial charge >= 0.3 is 0 Å². The van der Waals surface area contributed by atoms with Crippen LogP contribution in [0.25, 0.3) is 98.1 Å². The Morgan fingerprint density at radius 2 is 1.13 bits per heavy atom. The van der Waals surface area contributed by atoms with Crippen molar-refractivity contribution < 1.29 is 0 Å². The molecule has 0 aliphatic heterocycles. The molecule has 3 heterocycles. The Bertz CT molecular complexity index is 3120. The molecule has 0 saturated heterocycles. The number of pyridine rings is 1. The van der Waals surface area contributed by atoms with Gasteiger partial charge in [-0.3, -0.25) is 0 Å². The van der Waals surface area contributed by atoms with Gasteiger partial charge in [0.05, 0.1) is 22.6 Å². The van der Waals surface area contributed by atoms with Gasteiger partial charge in [0.15, 0.2) is 5.82 Å². The van der Waals surface area contributed by atoms with E-state index in [9.17, 15) is 0 Å². The Balaban J connectivity index is 1.16. The first-order valence-electron chi connectivity index (χ1n) is 18.4. The number of thiophene rings is 1. The number of hydrogen-bond donors (Lipinski definition) is 0. The maximum absolute atomic E-state index is 5.30. The Morgan fingerprint density at radius 1 is 0.444 bits per heavy atom. The quantitative estimate of drug-likeness (QED) is 0.171. The van der Waals surface area contributed by atoms with E-state index < -0.39 is 0 Å². The second-order valence-electron chi connectivity index (χ2n) is 14.7. The van der Waals surface area contributed by atoms with Crippen molar-refractivity contribution in [1.29, 1.82) is 0 Å². The molecule has 3 nitrogen and oxygen atoms in total. The van der Waals surface area contributed by atoms with Gasteiger partial charge in [-0.1, -0.05) is 153 Å². The number of hydrogen-bond acceptors (Lipinski definition) is 4. The largest absolute Gasteiger partial charge is 0.247 e. The molecule has 54 heavy (non-hydrogen) atoms. The van der Waals surface area contributed by atoms with Crippen LogP contribution in [0.1, 0.15) is 25.0 Å². The summed E-state index contributed by atoms with van der Waals surface area (Å²) in [4.78, 5) is 15.8. The molecule has 0 radical (unpaired) electrons. The van der Waals surface area contributed by atoms with Crippen LogP contribution in [0.4, 0.5) is 0 Å². The third-order valence-electron chi connectivity index (χ3n) is 11.3. The first kappa shape index (κ1) is 31.1. The molecule has 1 aliphatic carbocycles. The van der Waals surface area contributed by atoms with Gasteiger partial charge in [0.1, 0.15) is 0 Å². The molecule has 0 N–H and O–H groups in total. The molecule has 0 atom stereocenters. The van der Waals surface area contributed by atoms with Crippen LogP contribution in [-0.4, -0.2) is 15.0 Å². The number of fused-ring (bicyclic) bond motifs is 10. The van der Waals surface area contributed by atoms with E-state index in [0.29, 0.717) is 0 Å². The normalized spacial score (nSPS) is 13.1. The molecule has 0 saturated carbocycles. The summed E-state index contributed by atoms with van der Waals surface area (Å²) >= 11 is 1.84. The van der Waals surface area contributed by atoms with Crippen molar-refractivity contribution >= 4 is 53.2 Å². The molecule has 0 unspecified atom stereocenters. The first-order chi connectivity index (χ1) is 26.5. The first-order valence-corrected chi connectivity index (χ1v) is 19.3. The standard InChI is InChI=1S/C50H33N3S/c1-50(2)39-22-11-9-18-33(39)38-28-32(24-26-40(38)50)42-29-43(53-49(52-42)31-16-7-4-8-17-31)35-20-13-21-37-46-44(54-48(35)37)27-25-36-45(46)34-19-10-12-23-41(34)51-47(36)30-14-5-3-6-15-30/h3-29H,1-2H3. The van der Waals surface area contributed by atoms with Crippen molar-refractivity contribution in [2.45, 2.75) is 19.3 Å². The highest BCUT2D eigenvalue weighted by Crippen LogP contribution is 2.50. The highest BCUT2D eigenvalue weighted by Gasteiger charge is 2.35.